The molecule has 0 unspecified atom stereocenters. The average Bonchev–Trinajstić information content (AvgIpc) is 3.12. The van der Waals surface area contributed by atoms with E-state index in [1.165, 1.54) is 10.9 Å². The molecule has 0 aromatic carbocycles. The van der Waals surface area contributed by atoms with Gasteiger partial charge in [-0.05, 0) is 28.5 Å². The number of carbonyl (C=O) groups excluding carboxylic acids is 1. The summed E-state index contributed by atoms with van der Waals surface area (Å²) in [5.41, 5.74) is 6.27. The Kier molecular flexibility index (Phi) is 6.01. The number of anilines is 1. The Hall–Kier alpha value is -1.73. The Balaban J connectivity index is 1.84. The van der Waals surface area contributed by atoms with Gasteiger partial charge in [-0.1, -0.05) is 13.8 Å². The van der Waals surface area contributed by atoms with E-state index in [4.69, 9.17) is 19.9 Å². The van der Waals surface area contributed by atoms with Crippen LogP contribution in [-0.4, -0.2) is 57.4 Å². The van der Waals surface area contributed by atoms with Gasteiger partial charge in [-0.2, -0.15) is 0 Å². The third-order valence-electron chi connectivity index (χ3n) is 4.08. The topological polar surface area (TPSA) is 122 Å². The maximum Gasteiger partial charge on any atom is 0.508 e. The first-order chi connectivity index (χ1) is 12.8. The number of alkyl halides is 1. The van der Waals surface area contributed by atoms with Crippen molar-refractivity contribution in [2.24, 2.45) is 5.92 Å². The second-order valence-corrected chi connectivity index (χ2v) is 7.73. The SMILES string of the molecule is CC(C)COC(=O)O[C@H]1[C@H](F)[C@H](n2cc(I)c3c(N)ncnc32)O[C@@H]1CO. The molecule has 0 amide bonds. The average molecular weight is 494 g/mol. The van der Waals surface area contributed by atoms with Gasteiger partial charge in [0.15, 0.2) is 18.5 Å². The molecule has 3 N–H and O–H groups in total. The number of halogens is 2. The van der Waals surface area contributed by atoms with Gasteiger partial charge in [0.2, 0.25) is 0 Å². The van der Waals surface area contributed by atoms with Gasteiger partial charge in [0.05, 0.1) is 18.6 Å². The Morgan fingerprint density at radius 2 is 2.26 bits per heavy atom. The van der Waals surface area contributed by atoms with Crippen molar-refractivity contribution < 1.29 is 28.5 Å². The van der Waals surface area contributed by atoms with E-state index in [0.717, 1.165) is 3.57 Å². The lowest BCUT2D eigenvalue weighted by molar-refractivity contribution is -0.0564. The molecular formula is C16H20FIN4O5. The third-order valence-corrected chi connectivity index (χ3v) is 4.90. The second-order valence-electron chi connectivity index (χ2n) is 6.57. The van der Waals surface area contributed by atoms with Crippen LogP contribution in [0.2, 0.25) is 0 Å². The first-order valence-electron chi connectivity index (χ1n) is 8.33. The molecule has 1 aliphatic rings. The molecule has 11 heteroatoms. The molecule has 4 atom stereocenters. The van der Waals surface area contributed by atoms with Crippen LogP contribution in [0.1, 0.15) is 20.1 Å². The zero-order valence-electron chi connectivity index (χ0n) is 14.7. The highest BCUT2D eigenvalue weighted by Gasteiger charge is 2.49. The van der Waals surface area contributed by atoms with Crippen molar-refractivity contribution in [1.82, 2.24) is 14.5 Å². The molecule has 0 spiro atoms. The van der Waals surface area contributed by atoms with E-state index in [2.05, 4.69) is 9.97 Å². The summed E-state index contributed by atoms with van der Waals surface area (Å²) in [7, 11) is 0. The summed E-state index contributed by atoms with van der Waals surface area (Å²) in [6, 6.07) is 0. The number of nitrogens with zero attached hydrogens (tertiary/aromatic N) is 3. The van der Waals surface area contributed by atoms with Crippen molar-refractivity contribution in [3.05, 3.63) is 16.1 Å². The van der Waals surface area contributed by atoms with E-state index < -0.39 is 37.4 Å². The third kappa shape index (κ3) is 3.94. The smallest absolute Gasteiger partial charge is 0.434 e. The van der Waals surface area contributed by atoms with Crippen LogP contribution < -0.4 is 5.73 Å². The Morgan fingerprint density at radius 3 is 2.93 bits per heavy atom. The molecule has 0 aliphatic carbocycles. The normalized spacial score (nSPS) is 25.3. The summed E-state index contributed by atoms with van der Waals surface area (Å²) >= 11 is 2.04. The maximum atomic E-state index is 15.1. The summed E-state index contributed by atoms with van der Waals surface area (Å²) < 4.78 is 32.9. The van der Waals surface area contributed by atoms with Crippen LogP contribution >= 0.6 is 22.6 Å². The van der Waals surface area contributed by atoms with Gasteiger partial charge in [-0.15, -0.1) is 0 Å². The highest BCUT2D eigenvalue weighted by molar-refractivity contribution is 14.1. The fraction of sp³-hybridized carbons (Fsp3) is 0.562. The van der Waals surface area contributed by atoms with Crippen molar-refractivity contribution >= 4 is 45.6 Å². The molecule has 9 nitrogen and oxygen atoms in total. The number of fused-ring (bicyclic) bond motifs is 1. The van der Waals surface area contributed by atoms with Crippen LogP contribution in [0, 0.1) is 9.49 Å². The molecule has 1 aliphatic heterocycles. The van der Waals surface area contributed by atoms with E-state index in [0.29, 0.717) is 11.0 Å². The molecule has 27 heavy (non-hydrogen) atoms. The largest absolute Gasteiger partial charge is 0.508 e. The van der Waals surface area contributed by atoms with Crippen LogP contribution in [0.4, 0.5) is 15.0 Å². The Bertz CT molecular complexity index is 832. The van der Waals surface area contributed by atoms with Crippen LogP contribution in [0.25, 0.3) is 11.0 Å². The first-order valence-corrected chi connectivity index (χ1v) is 9.41. The number of hydrogen-bond acceptors (Lipinski definition) is 8. The Morgan fingerprint density at radius 1 is 1.52 bits per heavy atom. The molecule has 1 fully saturated rings. The number of rotatable bonds is 5. The van der Waals surface area contributed by atoms with Gasteiger partial charge >= 0.3 is 6.16 Å². The number of nitrogen functional groups attached to an aromatic ring is 1. The summed E-state index contributed by atoms with van der Waals surface area (Å²) in [6.07, 6.45) is -3.34. The fourth-order valence-electron chi connectivity index (χ4n) is 2.84. The lowest BCUT2D eigenvalue weighted by atomic mass is 10.1. The minimum atomic E-state index is -1.74. The predicted molar refractivity (Wildman–Crippen MR) is 102 cm³/mol. The van der Waals surface area contributed by atoms with E-state index in [1.54, 1.807) is 6.20 Å². The van der Waals surface area contributed by atoms with Crippen molar-refractivity contribution in [1.29, 1.82) is 0 Å². The number of nitrogens with two attached hydrogens (primary N) is 1. The molecule has 0 saturated carbocycles. The highest BCUT2D eigenvalue weighted by Crippen LogP contribution is 2.37. The minimum Gasteiger partial charge on any atom is -0.434 e. The van der Waals surface area contributed by atoms with E-state index in [9.17, 15) is 9.90 Å². The van der Waals surface area contributed by atoms with Crippen molar-refractivity contribution in [3.63, 3.8) is 0 Å². The van der Waals surface area contributed by atoms with Crippen molar-refractivity contribution in [2.45, 2.75) is 38.5 Å². The quantitative estimate of drug-likeness (QED) is 0.479. The van der Waals surface area contributed by atoms with Crippen molar-refractivity contribution in [2.75, 3.05) is 18.9 Å². The molecule has 0 radical (unpaired) electrons. The van der Waals surface area contributed by atoms with E-state index in [-0.39, 0.29) is 18.3 Å². The molecule has 2 aromatic rings. The van der Waals surface area contributed by atoms with Gasteiger partial charge in [-0.25, -0.2) is 19.2 Å². The van der Waals surface area contributed by atoms with Gasteiger partial charge in [0, 0.05) is 9.77 Å². The highest BCUT2D eigenvalue weighted by atomic mass is 127. The predicted octanol–water partition coefficient (Wildman–Crippen LogP) is 2.02. The number of aliphatic hydroxyl groups is 1. The standard InChI is InChI=1S/C16H20FIN4O5/c1-7(2)5-25-16(24)27-12-9(4-23)26-15(11(12)17)22-3-8(18)10-13(19)20-6-21-14(10)22/h3,6-7,9,11-12,15,23H,4-5H2,1-2H3,(H2,19,20,21)/t9-,11+,12-,15-/m1/s1. The Labute approximate surface area is 168 Å². The minimum absolute atomic E-state index is 0.110. The summed E-state index contributed by atoms with van der Waals surface area (Å²) in [4.78, 5) is 19.9. The van der Waals surface area contributed by atoms with Crippen molar-refractivity contribution in [3.8, 4) is 0 Å². The zero-order chi connectivity index (χ0) is 19.7. The van der Waals surface area contributed by atoms with Crippen LogP contribution in [0.5, 0.6) is 0 Å². The lowest BCUT2D eigenvalue weighted by Gasteiger charge is -2.18. The number of aliphatic hydroxyl groups excluding tert-OH is 1. The molecule has 3 heterocycles. The maximum absolute atomic E-state index is 15.1. The molecule has 2 aromatic heterocycles. The molecule has 0 bridgehead atoms. The van der Waals surface area contributed by atoms with Gasteiger partial charge in [-0.3, -0.25) is 0 Å². The van der Waals surface area contributed by atoms with Crippen LogP contribution in [0.15, 0.2) is 12.5 Å². The van der Waals surface area contributed by atoms with Crippen LogP contribution in [-0.2, 0) is 14.2 Å². The van der Waals surface area contributed by atoms with E-state index >= 15 is 4.39 Å². The first kappa shape index (κ1) is 20.0. The van der Waals surface area contributed by atoms with Crippen LogP contribution in [0.3, 0.4) is 0 Å². The van der Waals surface area contributed by atoms with Gasteiger partial charge in [0.1, 0.15) is 23.9 Å². The van der Waals surface area contributed by atoms with E-state index in [1.807, 2.05) is 36.4 Å². The zero-order valence-corrected chi connectivity index (χ0v) is 16.9. The number of ether oxygens (including phenoxy) is 3. The number of carbonyl (C=O) groups is 1. The molecular weight excluding hydrogens is 474 g/mol. The summed E-state index contributed by atoms with van der Waals surface area (Å²) in [5.74, 6) is 0.374. The van der Waals surface area contributed by atoms with Gasteiger partial charge in [0.25, 0.3) is 0 Å². The summed E-state index contributed by atoms with van der Waals surface area (Å²) in [5, 5.41) is 10.1. The number of aromatic nitrogens is 3. The number of hydrogen-bond donors (Lipinski definition) is 2. The van der Waals surface area contributed by atoms with Gasteiger partial charge < -0.3 is 29.6 Å². The second kappa shape index (κ2) is 8.10. The monoisotopic (exact) mass is 494 g/mol. The lowest BCUT2D eigenvalue weighted by Crippen LogP contribution is -2.36. The molecule has 1 saturated heterocycles. The molecule has 148 valence electrons. The molecule has 3 rings (SSSR count). The summed E-state index contributed by atoms with van der Waals surface area (Å²) in [6.45, 7) is 3.35. The fourth-order valence-corrected chi connectivity index (χ4v) is 3.66.